The summed E-state index contributed by atoms with van der Waals surface area (Å²) in [6.45, 7) is 0. The van der Waals surface area contributed by atoms with Crippen molar-refractivity contribution in [3.63, 3.8) is 0 Å². The van der Waals surface area contributed by atoms with E-state index < -0.39 is 10.3 Å². The molecule has 0 aliphatic heterocycles. The molecule has 2 aromatic rings. The van der Waals surface area contributed by atoms with Crippen LogP contribution in [0.1, 0.15) is 0 Å². The highest BCUT2D eigenvalue weighted by atomic mass is 32.2. The van der Waals surface area contributed by atoms with Gasteiger partial charge in [0.05, 0.1) is 0 Å². The van der Waals surface area contributed by atoms with Crippen LogP contribution in [-0.2, 0) is 10.3 Å². The molecule has 6 N–H and O–H groups in total. The normalized spacial score (nSPS) is 9.95. The van der Waals surface area contributed by atoms with Gasteiger partial charge in [0.15, 0.2) is 0 Å². The smallest absolute Gasteiger partial charge is 0.349 e. The van der Waals surface area contributed by atoms with Crippen LogP contribution in [0.2, 0.25) is 0 Å². The van der Waals surface area contributed by atoms with Crippen LogP contribution in [0.3, 0.4) is 0 Å². The number of rotatable bonds is 4. The highest BCUT2D eigenvalue weighted by Crippen LogP contribution is 2.12. The molecule has 0 aliphatic rings. The Morgan fingerprint density at radius 3 is 2.16 bits per heavy atom. The molecule has 0 saturated heterocycles. The number of anilines is 1. The van der Waals surface area contributed by atoms with Crippen molar-refractivity contribution in [3.05, 3.63) is 48.7 Å². The van der Waals surface area contributed by atoms with E-state index in [0.29, 0.717) is 5.46 Å². The SMILES string of the molecule is O.O.O=S(=O)(O)N([B]c1ccccc1)c1ccc[nH]1. The summed E-state index contributed by atoms with van der Waals surface area (Å²) < 4.78 is 32.5. The minimum atomic E-state index is -4.34. The summed E-state index contributed by atoms with van der Waals surface area (Å²) in [6, 6.07) is 12.1. The average Bonchev–Trinajstić information content (AvgIpc) is 2.79. The lowest BCUT2D eigenvalue weighted by Crippen LogP contribution is -2.40. The van der Waals surface area contributed by atoms with Crippen molar-refractivity contribution in [2.75, 3.05) is 4.22 Å². The van der Waals surface area contributed by atoms with E-state index >= 15 is 0 Å². The van der Waals surface area contributed by atoms with E-state index in [2.05, 4.69) is 4.98 Å². The van der Waals surface area contributed by atoms with Gasteiger partial charge in [-0.15, -0.1) is 0 Å². The van der Waals surface area contributed by atoms with E-state index in [1.165, 1.54) is 7.41 Å². The lowest BCUT2D eigenvalue weighted by atomic mass is 9.83. The maximum atomic E-state index is 11.3. The number of H-pyrrole nitrogens is 1. The van der Waals surface area contributed by atoms with Crippen LogP contribution in [0.4, 0.5) is 5.82 Å². The van der Waals surface area contributed by atoms with Crippen LogP contribution in [0.25, 0.3) is 0 Å². The molecule has 7 nitrogen and oxygen atoms in total. The summed E-state index contributed by atoms with van der Waals surface area (Å²) in [5.41, 5.74) is 0.666. The molecule has 0 saturated carbocycles. The summed E-state index contributed by atoms with van der Waals surface area (Å²) in [4.78, 5) is 2.72. The van der Waals surface area contributed by atoms with Crippen LogP contribution in [-0.4, -0.2) is 36.3 Å². The first-order valence-corrected chi connectivity index (χ1v) is 6.27. The van der Waals surface area contributed by atoms with Gasteiger partial charge in [0.2, 0.25) is 0 Å². The third kappa shape index (κ3) is 4.41. The maximum absolute atomic E-state index is 11.3. The van der Waals surface area contributed by atoms with Crippen molar-refractivity contribution in [2.24, 2.45) is 0 Å². The highest BCUT2D eigenvalue weighted by Gasteiger charge is 2.21. The van der Waals surface area contributed by atoms with Gasteiger partial charge in [0, 0.05) is 6.20 Å². The summed E-state index contributed by atoms with van der Waals surface area (Å²) >= 11 is 0. The fourth-order valence-electron chi connectivity index (χ4n) is 1.39. The Bertz CT molecular complexity index is 573. The zero-order chi connectivity index (χ0) is 12.3. The molecule has 0 fully saturated rings. The average molecular weight is 285 g/mol. The topological polar surface area (TPSA) is 136 Å². The number of hydrogen-bond acceptors (Lipinski definition) is 2. The zero-order valence-electron chi connectivity index (χ0n) is 9.82. The molecule has 1 heterocycles. The molecule has 9 heteroatoms. The van der Waals surface area contributed by atoms with Crippen molar-refractivity contribution in [1.82, 2.24) is 4.98 Å². The quantitative estimate of drug-likeness (QED) is 0.546. The summed E-state index contributed by atoms with van der Waals surface area (Å²) in [5.74, 6) is 0.274. The molecule has 1 radical (unpaired) electrons. The van der Waals surface area contributed by atoms with E-state index in [9.17, 15) is 8.42 Å². The molecule has 19 heavy (non-hydrogen) atoms. The Morgan fingerprint density at radius 1 is 1.05 bits per heavy atom. The van der Waals surface area contributed by atoms with Crippen molar-refractivity contribution >= 4 is 29.0 Å². The molecular formula is C10H14BN2O5S. The lowest BCUT2D eigenvalue weighted by Gasteiger charge is -2.18. The first kappa shape index (κ1) is 17.2. The van der Waals surface area contributed by atoms with Gasteiger partial charge < -0.3 is 15.9 Å². The molecule has 0 atom stereocenters. The Hall–Kier alpha value is -1.81. The van der Waals surface area contributed by atoms with Gasteiger partial charge in [0.25, 0.3) is 0 Å². The molecule has 0 amide bonds. The number of aromatic amines is 1. The molecular weight excluding hydrogens is 271 g/mol. The van der Waals surface area contributed by atoms with Gasteiger partial charge >= 0.3 is 17.7 Å². The van der Waals surface area contributed by atoms with Gasteiger partial charge in [-0.25, -0.2) is 0 Å². The number of hydrogen-bond donors (Lipinski definition) is 2. The van der Waals surface area contributed by atoms with Gasteiger partial charge in [-0.05, 0) is 12.1 Å². The maximum Gasteiger partial charge on any atom is 0.349 e. The molecule has 2 rings (SSSR count). The zero-order valence-corrected chi connectivity index (χ0v) is 10.6. The predicted molar refractivity (Wildman–Crippen MR) is 73.9 cm³/mol. The number of aromatic nitrogens is 1. The lowest BCUT2D eigenvalue weighted by molar-refractivity contribution is 0.485. The number of nitrogens with zero attached hydrogens (tertiary/aromatic N) is 1. The van der Waals surface area contributed by atoms with Crippen LogP contribution < -0.4 is 9.68 Å². The largest absolute Gasteiger partial charge is 0.412 e. The molecule has 1 aromatic carbocycles. The van der Waals surface area contributed by atoms with Crippen molar-refractivity contribution < 1.29 is 23.9 Å². The second kappa shape index (κ2) is 6.95. The fraction of sp³-hybridized carbons (Fsp3) is 0. The van der Waals surface area contributed by atoms with Gasteiger partial charge in [0.1, 0.15) is 5.82 Å². The predicted octanol–water partition coefficient (Wildman–Crippen LogP) is -1.08. The van der Waals surface area contributed by atoms with Crippen LogP contribution >= 0.6 is 0 Å². The van der Waals surface area contributed by atoms with Gasteiger partial charge in [-0.2, -0.15) is 8.42 Å². The Morgan fingerprint density at radius 2 is 1.68 bits per heavy atom. The first-order valence-electron chi connectivity index (χ1n) is 4.87. The Labute approximate surface area is 111 Å². The molecule has 0 spiro atoms. The molecule has 0 aliphatic carbocycles. The highest BCUT2D eigenvalue weighted by molar-refractivity contribution is 7.88. The molecule has 103 valence electrons. The summed E-state index contributed by atoms with van der Waals surface area (Å²) in [7, 11) is -3.01. The van der Waals surface area contributed by atoms with E-state index in [-0.39, 0.29) is 16.8 Å². The third-order valence-corrected chi connectivity index (χ3v) is 2.93. The standard InChI is InChI=1S/C10H10BN2O3S.2H2O/c14-17(15,16)13(10-7-4-8-12-10)11-9-5-2-1-3-6-9;;/h1-8,12H,(H,14,15,16);2*1H2. The Balaban J connectivity index is 0.00000162. The van der Waals surface area contributed by atoms with E-state index in [1.807, 2.05) is 6.07 Å². The van der Waals surface area contributed by atoms with Crippen molar-refractivity contribution in [3.8, 4) is 0 Å². The van der Waals surface area contributed by atoms with Crippen LogP contribution in [0, 0.1) is 0 Å². The summed E-state index contributed by atoms with van der Waals surface area (Å²) in [5, 5.41) is 0. The molecule has 1 aromatic heterocycles. The third-order valence-electron chi connectivity index (χ3n) is 2.13. The second-order valence-corrected chi connectivity index (χ2v) is 4.66. The monoisotopic (exact) mass is 285 g/mol. The first-order chi connectivity index (χ1) is 8.07. The van der Waals surface area contributed by atoms with E-state index in [1.54, 1.807) is 42.6 Å². The minimum Gasteiger partial charge on any atom is -0.412 e. The number of nitrogens with one attached hydrogen (secondary N) is 1. The molecule has 0 unspecified atom stereocenters. The molecule has 0 bridgehead atoms. The fourth-order valence-corrected chi connectivity index (χ4v) is 2.01. The van der Waals surface area contributed by atoms with Gasteiger partial charge in [-0.1, -0.05) is 35.8 Å². The Kier molecular flexibility index (Phi) is 6.29. The van der Waals surface area contributed by atoms with Crippen molar-refractivity contribution in [1.29, 1.82) is 0 Å². The van der Waals surface area contributed by atoms with E-state index in [4.69, 9.17) is 4.55 Å². The van der Waals surface area contributed by atoms with Crippen LogP contribution in [0.5, 0.6) is 0 Å². The van der Waals surface area contributed by atoms with E-state index in [0.717, 1.165) is 4.22 Å². The van der Waals surface area contributed by atoms with Gasteiger partial charge in [-0.3, -0.25) is 8.77 Å². The second-order valence-electron chi connectivity index (χ2n) is 3.37. The van der Waals surface area contributed by atoms with Crippen LogP contribution in [0.15, 0.2) is 48.7 Å². The number of benzene rings is 1. The minimum absolute atomic E-state index is 0. The van der Waals surface area contributed by atoms with Crippen molar-refractivity contribution in [2.45, 2.75) is 0 Å². The summed E-state index contributed by atoms with van der Waals surface area (Å²) in [6.07, 6.45) is 1.58.